The van der Waals surface area contributed by atoms with Crippen LogP contribution < -0.4 is 20.1 Å². The van der Waals surface area contributed by atoms with Gasteiger partial charge in [-0.1, -0.05) is 30.3 Å². The second-order valence-corrected chi connectivity index (χ2v) is 8.29. The molecule has 4 rings (SSSR count). The fourth-order valence-electron chi connectivity index (χ4n) is 4.02. The predicted octanol–water partition coefficient (Wildman–Crippen LogP) is 4.62. The highest BCUT2D eigenvalue weighted by Gasteiger charge is 2.16. The van der Waals surface area contributed by atoms with Crippen molar-refractivity contribution >= 4 is 28.8 Å². The lowest BCUT2D eigenvalue weighted by atomic mass is 10.1. The van der Waals surface area contributed by atoms with Crippen LogP contribution in [0.5, 0.6) is 11.5 Å². The summed E-state index contributed by atoms with van der Waals surface area (Å²) in [6, 6.07) is 22.0. The molecule has 184 valence electrons. The average molecular weight is 484 g/mol. The van der Waals surface area contributed by atoms with Gasteiger partial charge in [0.1, 0.15) is 17.2 Å². The van der Waals surface area contributed by atoms with E-state index in [1.54, 1.807) is 56.7 Å². The largest absolute Gasteiger partial charge is 0.497 e. The van der Waals surface area contributed by atoms with Crippen LogP contribution in [0.1, 0.15) is 27.2 Å². The Labute approximate surface area is 210 Å². The normalized spacial score (nSPS) is 11.2. The van der Waals surface area contributed by atoms with Crippen LogP contribution in [0.25, 0.3) is 17.0 Å². The highest BCUT2D eigenvalue weighted by atomic mass is 16.5. The maximum absolute atomic E-state index is 13.2. The molecule has 0 unspecified atom stereocenters. The maximum Gasteiger partial charge on any atom is 0.267 e. The molecule has 1 heterocycles. The van der Waals surface area contributed by atoms with Gasteiger partial charge in [-0.25, -0.2) is 0 Å². The lowest BCUT2D eigenvalue weighted by Crippen LogP contribution is -2.35. The van der Waals surface area contributed by atoms with Crippen LogP contribution in [0.15, 0.2) is 78.5 Å². The summed E-state index contributed by atoms with van der Waals surface area (Å²) < 4.78 is 10.4. The predicted molar refractivity (Wildman–Crippen MR) is 141 cm³/mol. The molecule has 7 heteroatoms. The first-order chi connectivity index (χ1) is 17.5. The van der Waals surface area contributed by atoms with Gasteiger partial charge in [0, 0.05) is 28.7 Å². The van der Waals surface area contributed by atoms with Crippen LogP contribution in [0, 0.1) is 6.92 Å². The van der Waals surface area contributed by atoms with Crippen LogP contribution in [0.4, 0.5) is 0 Å². The Balaban J connectivity index is 1.51. The third-order valence-electron chi connectivity index (χ3n) is 5.96. The highest BCUT2D eigenvalue weighted by molar-refractivity contribution is 6.05. The Morgan fingerprint density at radius 1 is 0.889 bits per heavy atom. The molecule has 3 aromatic carbocycles. The van der Waals surface area contributed by atoms with Crippen molar-refractivity contribution < 1.29 is 19.1 Å². The summed E-state index contributed by atoms with van der Waals surface area (Å²) in [5.74, 6) is 0.589. The van der Waals surface area contributed by atoms with Gasteiger partial charge in [0.2, 0.25) is 0 Å². The van der Waals surface area contributed by atoms with E-state index < -0.39 is 0 Å². The van der Waals surface area contributed by atoms with E-state index in [1.165, 1.54) is 0 Å². The fraction of sp³-hybridized carbons (Fsp3) is 0.172. The van der Waals surface area contributed by atoms with Gasteiger partial charge in [0.05, 0.1) is 14.2 Å². The van der Waals surface area contributed by atoms with Gasteiger partial charge in [-0.3, -0.25) is 9.59 Å². The van der Waals surface area contributed by atoms with Crippen molar-refractivity contribution in [2.24, 2.45) is 0 Å². The Kier molecular flexibility index (Phi) is 7.70. The van der Waals surface area contributed by atoms with E-state index in [0.29, 0.717) is 30.0 Å². The number of aryl methyl sites for hydroxylation is 1. The Bertz CT molecular complexity index is 1390. The number of benzene rings is 3. The van der Waals surface area contributed by atoms with Gasteiger partial charge in [0.15, 0.2) is 0 Å². The van der Waals surface area contributed by atoms with E-state index in [4.69, 9.17) is 9.47 Å². The van der Waals surface area contributed by atoms with Crippen molar-refractivity contribution in [3.63, 3.8) is 0 Å². The topological polar surface area (TPSA) is 92.4 Å². The van der Waals surface area contributed by atoms with Crippen LogP contribution in [-0.2, 0) is 11.2 Å². The molecule has 3 N–H and O–H groups in total. The van der Waals surface area contributed by atoms with Gasteiger partial charge >= 0.3 is 0 Å². The molecule has 1 aromatic heterocycles. The molecule has 4 aromatic rings. The van der Waals surface area contributed by atoms with Gasteiger partial charge in [-0.05, 0) is 73.0 Å². The number of ether oxygens (including phenoxy) is 2. The molecule has 2 amide bonds. The van der Waals surface area contributed by atoms with Crippen molar-refractivity contribution in [1.29, 1.82) is 0 Å². The number of aromatic nitrogens is 1. The number of fused-ring (bicyclic) bond motifs is 1. The number of aromatic amines is 1. The summed E-state index contributed by atoms with van der Waals surface area (Å²) in [7, 11) is 3.15. The Hall–Kier alpha value is -4.52. The second kappa shape index (κ2) is 11.3. The van der Waals surface area contributed by atoms with Crippen molar-refractivity contribution in [3.05, 3.63) is 101 Å². The van der Waals surface area contributed by atoms with E-state index in [0.717, 1.165) is 27.7 Å². The number of methoxy groups -OCH3 is 2. The summed E-state index contributed by atoms with van der Waals surface area (Å²) >= 11 is 0. The molecular formula is C29H29N3O4. The molecule has 0 fully saturated rings. The third kappa shape index (κ3) is 5.75. The molecule has 0 atom stereocenters. The van der Waals surface area contributed by atoms with E-state index in [2.05, 4.69) is 21.7 Å². The van der Waals surface area contributed by atoms with E-state index in [9.17, 15) is 9.59 Å². The first kappa shape index (κ1) is 24.6. The highest BCUT2D eigenvalue weighted by Crippen LogP contribution is 2.22. The first-order valence-corrected chi connectivity index (χ1v) is 11.6. The molecule has 0 aliphatic rings. The SMILES string of the molecule is COc1ccc(C=C(NC(=O)c2ccc(OC)cc2)C(=O)NCCc2c(C)[nH]c3ccccc23)cc1. The van der Waals surface area contributed by atoms with Crippen molar-refractivity contribution in [3.8, 4) is 11.5 Å². The monoisotopic (exact) mass is 483 g/mol. The van der Waals surface area contributed by atoms with Gasteiger partial charge in [0.25, 0.3) is 11.8 Å². The van der Waals surface area contributed by atoms with E-state index in [1.807, 2.05) is 37.3 Å². The minimum absolute atomic E-state index is 0.150. The lowest BCUT2D eigenvalue weighted by molar-refractivity contribution is -0.117. The molecule has 7 nitrogen and oxygen atoms in total. The molecule has 0 aliphatic heterocycles. The number of H-pyrrole nitrogens is 1. The summed E-state index contributed by atoms with van der Waals surface area (Å²) in [5, 5.41) is 6.86. The summed E-state index contributed by atoms with van der Waals surface area (Å²) in [6.45, 7) is 2.45. The number of carbonyl (C=O) groups is 2. The molecule has 0 radical (unpaired) electrons. The molecule has 36 heavy (non-hydrogen) atoms. The number of hydrogen-bond donors (Lipinski definition) is 3. The minimum Gasteiger partial charge on any atom is -0.497 e. The summed E-state index contributed by atoms with van der Waals surface area (Å²) in [5.41, 5.74) is 4.63. The van der Waals surface area contributed by atoms with Crippen molar-refractivity contribution in [2.45, 2.75) is 13.3 Å². The first-order valence-electron chi connectivity index (χ1n) is 11.6. The molecule has 0 saturated carbocycles. The molecule has 0 aliphatic carbocycles. The third-order valence-corrected chi connectivity index (χ3v) is 5.96. The molecule has 0 spiro atoms. The number of para-hydroxylation sites is 1. The quantitative estimate of drug-likeness (QED) is 0.303. The summed E-state index contributed by atoms with van der Waals surface area (Å²) in [4.78, 5) is 29.5. The van der Waals surface area contributed by atoms with Crippen LogP contribution in [0.2, 0.25) is 0 Å². The summed E-state index contributed by atoms with van der Waals surface area (Å²) in [6.07, 6.45) is 2.30. The second-order valence-electron chi connectivity index (χ2n) is 8.29. The smallest absolute Gasteiger partial charge is 0.267 e. The van der Waals surface area contributed by atoms with Crippen LogP contribution in [0.3, 0.4) is 0 Å². The van der Waals surface area contributed by atoms with E-state index >= 15 is 0 Å². The molecule has 0 bridgehead atoms. The zero-order valence-electron chi connectivity index (χ0n) is 20.6. The number of hydrogen-bond acceptors (Lipinski definition) is 4. The van der Waals surface area contributed by atoms with Crippen LogP contribution >= 0.6 is 0 Å². The number of nitrogens with one attached hydrogen (secondary N) is 3. The Morgan fingerprint density at radius 2 is 1.53 bits per heavy atom. The average Bonchev–Trinajstić information content (AvgIpc) is 3.23. The van der Waals surface area contributed by atoms with E-state index in [-0.39, 0.29) is 17.5 Å². The lowest BCUT2D eigenvalue weighted by Gasteiger charge is -2.12. The number of carbonyl (C=O) groups excluding carboxylic acids is 2. The maximum atomic E-state index is 13.2. The van der Waals surface area contributed by atoms with Crippen molar-refractivity contribution in [2.75, 3.05) is 20.8 Å². The molecule has 0 saturated heterocycles. The van der Waals surface area contributed by atoms with Gasteiger partial charge in [-0.2, -0.15) is 0 Å². The standard InChI is InChI=1S/C29H29N3O4/c1-19-24(25-6-4-5-7-26(25)31-19)16-17-30-29(34)27(18-20-8-12-22(35-2)13-9-20)32-28(33)21-10-14-23(36-3)15-11-21/h4-15,18,31H,16-17H2,1-3H3,(H,30,34)(H,32,33). The van der Waals surface area contributed by atoms with Crippen molar-refractivity contribution in [1.82, 2.24) is 15.6 Å². The van der Waals surface area contributed by atoms with Gasteiger partial charge < -0.3 is 25.1 Å². The zero-order chi connectivity index (χ0) is 25.5. The molecular weight excluding hydrogens is 454 g/mol. The van der Waals surface area contributed by atoms with Gasteiger partial charge in [-0.15, -0.1) is 0 Å². The number of rotatable bonds is 9. The number of amides is 2. The van der Waals surface area contributed by atoms with Crippen LogP contribution in [-0.4, -0.2) is 37.6 Å². The minimum atomic E-state index is -0.389. The zero-order valence-corrected chi connectivity index (χ0v) is 20.6. The fourth-order valence-corrected chi connectivity index (χ4v) is 4.02. The Morgan fingerprint density at radius 3 is 2.19 bits per heavy atom.